The molecule has 5 aromatic carbocycles. The number of aromatic nitrogens is 2. The summed E-state index contributed by atoms with van der Waals surface area (Å²) in [7, 11) is 0. The molecule has 194 valence electrons. The zero-order valence-electron chi connectivity index (χ0n) is 23.0. The van der Waals surface area contributed by atoms with Gasteiger partial charge in [0.05, 0.1) is 18.0 Å². The summed E-state index contributed by atoms with van der Waals surface area (Å²) < 4.78 is 0. The zero-order chi connectivity index (χ0) is 28.0. The van der Waals surface area contributed by atoms with E-state index in [4.69, 9.17) is 16.5 Å². The Morgan fingerprint density at radius 2 is 1.15 bits per heavy atom. The van der Waals surface area contributed by atoms with Gasteiger partial charge in [0, 0.05) is 22.1 Å². The summed E-state index contributed by atoms with van der Waals surface area (Å²) in [6.45, 7) is 12.2. The van der Waals surface area contributed by atoms with Crippen LogP contribution in [0.2, 0.25) is 0 Å². The first kappa shape index (κ1) is 24.7. The fourth-order valence-corrected chi connectivity index (χ4v) is 5.97. The fraction of sp³-hybridized carbons (Fsp3) is 0.0789. The van der Waals surface area contributed by atoms with E-state index in [1.54, 1.807) is 0 Å². The monoisotopic (exact) mass is 525 g/mol. The van der Waals surface area contributed by atoms with Gasteiger partial charge in [-0.15, -0.1) is 0 Å². The number of rotatable bonds is 4. The highest BCUT2D eigenvalue weighted by Crippen LogP contribution is 2.53. The van der Waals surface area contributed by atoms with Gasteiger partial charge in [-0.05, 0) is 51.6 Å². The molecule has 1 aliphatic rings. The van der Waals surface area contributed by atoms with Gasteiger partial charge in [0.25, 0.3) is 0 Å². The number of hydrogen-bond donors (Lipinski definition) is 0. The van der Waals surface area contributed by atoms with Crippen molar-refractivity contribution in [3.8, 4) is 56.2 Å². The molecule has 0 saturated carbocycles. The minimum absolute atomic E-state index is 0.180. The lowest BCUT2D eigenvalue weighted by Gasteiger charge is -2.22. The predicted molar refractivity (Wildman–Crippen MR) is 168 cm³/mol. The zero-order valence-corrected chi connectivity index (χ0v) is 23.0. The second kappa shape index (κ2) is 9.70. The second-order valence-corrected chi connectivity index (χ2v) is 11.0. The highest BCUT2D eigenvalue weighted by Gasteiger charge is 2.36. The van der Waals surface area contributed by atoms with Gasteiger partial charge in [0.2, 0.25) is 0 Å². The van der Waals surface area contributed by atoms with E-state index in [9.17, 15) is 0 Å². The Bertz CT molecular complexity index is 1910. The molecule has 3 nitrogen and oxygen atoms in total. The summed E-state index contributed by atoms with van der Waals surface area (Å²) >= 11 is 0. The Morgan fingerprint density at radius 3 is 1.88 bits per heavy atom. The molecule has 0 fully saturated rings. The van der Waals surface area contributed by atoms with Crippen molar-refractivity contribution >= 4 is 5.69 Å². The normalized spacial score (nSPS) is 12.8. The van der Waals surface area contributed by atoms with Crippen molar-refractivity contribution < 1.29 is 0 Å². The van der Waals surface area contributed by atoms with Crippen LogP contribution >= 0.6 is 0 Å². The van der Waals surface area contributed by atoms with E-state index in [0.717, 1.165) is 56.0 Å². The van der Waals surface area contributed by atoms with E-state index in [0.29, 0.717) is 5.82 Å². The smallest absolute Gasteiger partial charge is 0.195 e. The van der Waals surface area contributed by atoms with E-state index in [1.807, 2.05) is 60.7 Å². The summed E-state index contributed by atoms with van der Waals surface area (Å²) in [4.78, 5) is 13.8. The number of benzene rings is 5. The van der Waals surface area contributed by atoms with Gasteiger partial charge < -0.3 is 0 Å². The van der Waals surface area contributed by atoms with Gasteiger partial charge in [-0.25, -0.2) is 14.8 Å². The van der Waals surface area contributed by atoms with Crippen LogP contribution < -0.4 is 0 Å². The van der Waals surface area contributed by atoms with E-state index in [2.05, 4.69) is 85.4 Å². The summed E-state index contributed by atoms with van der Waals surface area (Å²) in [6.07, 6.45) is 0. The van der Waals surface area contributed by atoms with Gasteiger partial charge in [-0.2, -0.15) is 0 Å². The SMILES string of the molecule is [C-]#[N+]c1cccc2c1-c1ccc(-c3cccc(-c4cc(-c5ccccc5)nc(-c5ccccc5)n4)c3)cc1C2(C)C. The molecule has 1 aliphatic carbocycles. The third-order valence-electron chi connectivity index (χ3n) is 8.12. The molecule has 1 heterocycles. The van der Waals surface area contributed by atoms with Crippen LogP contribution in [0.5, 0.6) is 0 Å². The predicted octanol–water partition coefficient (Wildman–Crippen LogP) is 10.0. The van der Waals surface area contributed by atoms with Crippen molar-refractivity contribution in [3.63, 3.8) is 0 Å². The first-order valence-corrected chi connectivity index (χ1v) is 13.8. The number of hydrogen-bond acceptors (Lipinski definition) is 2. The summed E-state index contributed by atoms with van der Waals surface area (Å²) in [6, 6.07) is 43.8. The third-order valence-corrected chi connectivity index (χ3v) is 8.12. The third kappa shape index (κ3) is 4.22. The lowest BCUT2D eigenvalue weighted by molar-refractivity contribution is 0.661. The quantitative estimate of drug-likeness (QED) is 0.214. The minimum Gasteiger partial charge on any atom is -0.238 e. The van der Waals surface area contributed by atoms with Crippen molar-refractivity contribution in [2.24, 2.45) is 0 Å². The molecule has 0 radical (unpaired) electrons. The largest absolute Gasteiger partial charge is 0.238 e. The van der Waals surface area contributed by atoms with Crippen LogP contribution in [-0.4, -0.2) is 9.97 Å². The molecule has 0 spiro atoms. The van der Waals surface area contributed by atoms with Crippen LogP contribution in [0.25, 0.3) is 61.0 Å². The Morgan fingerprint density at radius 1 is 0.537 bits per heavy atom. The molecule has 6 aromatic rings. The highest BCUT2D eigenvalue weighted by atomic mass is 14.9. The maximum atomic E-state index is 7.72. The maximum Gasteiger partial charge on any atom is 0.195 e. The van der Waals surface area contributed by atoms with E-state index < -0.39 is 0 Å². The maximum absolute atomic E-state index is 7.72. The Balaban J connectivity index is 1.34. The van der Waals surface area contributed by atoms with Crippen LogP contribution in [0.1, 0.15) is 25.0 Å². The molecular weight excluding hydrogens is 498 g/mol. The van der Waals surface area contributed by atoms with Gasteiger partial charge in [0.1, 0.15) is 0 Å². The van der Waals surface area contributed by atoms with E-state index >= 15 is 0 Å². The van der Waals surface area contributed by atoms with Crippen LogP contribution in [0.15, 0.2) is 127 Å². The van der Waals surface area contributed by atoms with Gasteiger partial charge >= 0.3 is 0 Å². The summed E-state index contributed by atoms with van der Waals surface area (Å²) in [5, 5.41) is 0. The van der Waals surface area contributed by atoms with Gasteiger partial charge in [-0.3, -0.25) is 0 Å². The molecule has 41 heavy (non-hydrogen) atoms. The Labute approximate surface area is 240 Å². The Hall–Kier alpha value is -5.33. The Kier molecular flexibility index (Phi) is 5.84. The molecular formula is C38H27N3. The summed E-state index contributed by atoms with van der Waals surface area (Å²) in [5.74, 6) is 0.708. The van der Waals surface area contributed by atoms with Crippen LogP contribution in [0.4, 0.5) is 5.69 Å². The highest BCUT2D eigenvalue weighted by molar-refractivity contribution is 5.91. The molecule has 0 N–H and O–H groups in total. The standard InChI is InChI=1S/C38H27N3/c1-38(2)31-18-11-19-33(39-3)36(31)30-21-20-28(23-32(30)38)27-16-10-17-29(22-27)35-24-34(25-12-6-4-7-13-25)40-37(41-35)26-14-8-5-9-15-26/h4-24H,1-2H3. The van der Waals surface area contributed by atoms with Gasteiger partial charge in [-0.1, -0.05) is 123 Å². The number of nitrogens with zero attached hydrogens (tertiary/aromatic N) is 3. The molecule has 3 heteroatoms. The molecule has 0 unspecified atom stereocenters. The topological polar surface area (TPSA) is 30.1 Å². The van der Waals surface area contributed by atoms with E-state index in [-0.39, 0.29) is 5.41 Å². The van der Waals surface area contributed by atoms with Crippen molar-refractivity contribution in [1.29, 1.82) is 0 Å². The molecule has 0 aliphatic heterocycles. The fourth-order valence-electron chi connectivity index (χ4n) is 5.97. The molecule has 0 bridgehead atoms. The van der Waals surface area contributed by atoms with E-state index in [1.165, 1.54) is 11.1 Å². The lowest BCUT2D eigenvalue weighted by Crippen LogP contribution is -2.14. The van der Waals surface area contributed by atoms with Crippen molar-refractivity contribution in [2.75, 3.05) is 0 Å². The average molecular weight is 526 g/mol. The first-order valence-electron chi connectivity index (χ1n) is 13.8. The van der Waals surface area contributed by atoms with Crippen LogP contribution in [0.3, 0.4) is 0 Å². The lowest BCUT2D eigenvalue weighted by atomic mass is 9.81. The minimum atomic E-state index is -0.180. The average Bonchev–Trinajstić information content (AvgIpc) is 3.27. The summed E-state index contributed by atoms with van der Waals surface area (Å²) in [5.41, 5.74) is 12.4. The first-order chi connectivity index (χ1) is 20.0. The molecule has 0 amide bonds. The van der Waals surface area contributed by atoms with Crippen LogP contribution in [-0.2, 0) is 5.41 Å². The molecule has 0 atom stereocenters. The second-order valence-electron chi connectivity index (χ2n) is 11.0. The molecule has 1 aromatic heterocycles. The number of fused-ring (bicyclic) bond motifs is 3. The van der Waals surface area contributed by atoms with Crippen molar-refractivity contribution in [3.05, 3.63) is 150 Å². The van der Waals surface area contributed by atoms with Crippen LogP contribution in [0, 0.1) is 6.57 Å². The van der Waals surface area contributed by atoms with Crippen molar-refractivity contribution in [1.82, 2.24) is 9.97 Å². The molecule has 0 saturated heterocycles. The van der Waals surface area contributed by atoms with Gasteiger partial charge in [0.15, 0.2) is 11.5 Å². The molecule has 7 rings (SSSR count). The van der Waals surface area contributed by atoms with Crippen molar-refractivity contribution in [2.45, 2.75) is 19.3 Å².